The number of carboxylic acid groups (broad SMARTS) is 1. The Bertz CT molecular complexity index is 777. The number of unbranched alkanes of at least 4 members (excludes halogenated alkanes) is 4. The van der Waals surface area contributed by atoms with Crippen LogP contribution in [-0.2, 0) is 4.79 Å². The van der Waals surface area contributed by atoms with Crippen molar-refractivity contribution in [2.75, 3.05) is 26.2 Å². The lowest BCUT2D eigenvalue weighted by molar-refractivity contribution is -0.929. The number of alkyl halides is 15. The summed E-state index contributed by atoms with van der Waals surface area (Å²) in [5.41, 5.74) is 0. The zero-order chi connectivity index (χ0) is 34.1. The van der Waals surface area contributed by atoms with E-state index in [2.05, 4.69) is 27.7 Å². The van der Waals surface area contributed by atoms with Crippen LogP contribution in [-0.4, -0.2) is 83.4 Å². The minimum Gasteiger partial charge on any atom is -0.477 e. The zero-order valence-corrected chi connectivity index (χ0v) is 23.5. The van der Waals surface area contributed by atoms with Crippen molar-refractivity contribution in [3.63, 3.8) is 0 Å². The van der Waals surface area contributed by atoms with E-state index in [9.17, 15) is 70.7 Å². The third-order valence-corrected chi connectivity index (χ3v) is 6.54. The van der Waals surface area contributed by atoms with Crippen LogP contribution in [0.5, 0.6) is 0 Å². The van der Waals surface area contributed by atoms with E-state index in [1.165, 1.54) is 82.0 Å². The van der Waals surface area contributed by atoms with Crippen molar-refractivity contribution in [1.82, 2.24) is 0 Å². The van der Waals surface area contributed by atoms with E-state index in [0.717, 1.165) is 0 Å². The van der Waals surface area contributed by atoms with Crippen molar-refractivity contribution in [3.8, 4) is 0 Å². The van der Waals surface area contributed by atoms with Crippen LogP contribution in [0.4, 0.5) is 65.9 Å². The van der Waals surface area contributed by atoms with Gasteiger partial charge in [0.05, 0.1) is 26.2 Å². The molecule has 0 saturated heterocycles. The summed E-state index contributed by atoms with van der Waals surface area (Å²) < 4.78 is 188. The van der Waals surface area contributed by atoms with Crippen molar-refractivity contribution >= 4 is 5.97 Å². The fourth-order valence-electron chi connectivity index (χ4n) is 3.75. The molecule has 0 rings (SSSR count). The summed E-state index contributed by atoms with van der Waals surface area (Å²) in [6.45, 7) is 15.0. The van der Waals surface area contributed by atoms with Gasteiger partial charge in [0.1, 0.15) is 0 Å². The molecule has 0 bridgehead atoms. The molecule has 254 valence electrons. The fraction of sp³-hybridized carbons (Fsp3) is 0.958. The second-order valence-corrected chi connectivity index (χ2v) is 9.90. The van der Waals surface area contributed by atoms with Crippen LogP contribution in [0.1, 0.15) is 79.1 Å². The summed E-state index contributed by atoms with van der Waals surface area (Å²) in [6, 6.07) is 0. The Morgan fingerprint density at radius 2 is 0.714 bits per heavy atom. The first kappa shape index (κ1) is 42.5. The fourth-order valence-corrected chi connectivity index (χ4v) is 3.75. The molecule has 0 aliphatic rings. The Kier molecular flexibility index (Phi) is 15.6. The molecule has 1 N–H and O–H groups in total. The van der Waals surface area contributed by atoms with Crippen LogP contribution < -0.4 is 0 Å². The van der Waals surface area contributed by atoms with Crippen molar-refractivity contribution in [3.05, 3.63) is 0 Å². The maximum atomic E-state index is 12.8. The summed E-state index contributed by atoms with van der Waals surface area (Å²) in [5, 5.41) is 7.57. The summed E-state index contributed by atoms with van der Waals surface area (Å²) in [6.07, 6.45) is 3.37. The van der Waals surface area contributed by atoms with Gasteiger partial charge < -0.3 is 9.59 Å². The topological polar surface area (TPSA) is 37.3 Å². The number of hydrogen-bond donors (Lipinski definition) is 1. The largest absolute Gasteiger partial charge is 0.477 e. The van der Waals surface area contributed by atoms with Gasteiger partial charge in [0.2, 0.25) is 0 Å². The Morgan fingerprint density at radius 3 is 0.929 bits per heavy atom. The third-order valence-electron chi connectivity index (χ3n) is 6.54. The average Bonchev–Trinajstić information content (AvgIpc) is 2.86. The zero-order valence-electron chi connectivity index (χ0n) is 23.5. The van der Waals surface area contributed by atoms with E-state index >= 15 is 0 Å². The van der Waals surface area contributed by atoms with Gasteiger partial charge in [0, 0.05) is 0 Å². The second-order valence-electron chi connectivity index (χ2n) is 9.90. The first-order valence-electron chi connectivity index (χ1n) is 13.1. The second kappa shape index (κ2) is 15.4. The van der Waals surface area contributed by atoms with Gasteiger partial charge in [-0.2, -0.15) is 65.9 Å². The minimum absolute atomic E-state index is 1.35. The molecule has 42 heavy (non-hydrogen) atoms. The quantitative estimate of drug-likeness (QED) is 0.118. The highest BCUT2D eigenvalue weighted by atomic mass is 19.4. The van der Waals surface area contributed by atoms with Crippen LogP contribution in [0.3, 0.4) is 0 Å². The SMILES string of the molecule is CCCC[N+](CCCC)(CCCC)CCCC.O=C(O)C(F)(F)C(F)(F)C(F)(F)C(F)(F)C(F)(F)C(F)(F)C(F)(F)F. The Labute approximate surface area is 234 Å². The van der Waals surface area contributed by atoms with E-state index in [0.29, 0.717) is 0 Å². The molecule has 0 radical (unpaired) electrons. The van der Waals surface area contributed by atoms with E-state index < -0.39 is 47.7 Å². The summed E-state index contributed by atoms with van der Waals surface area (Å²) >= 11 is 0. The number of hydrogen-bond acceptors (Lipinski definition) is 1. The van der Waals surface area contributed by atoms with Gasteiger partial charge in [-0.3, -0.25) is 0 Å². The van der Waals surface area contributed by atoms with Crippen molar-refractivity contribution in [2.45, 2.75) is 121 Å². The normalized spacial score (nSPS) is 14.5. The van der Waals surface area contributed by atoms with Crippen molar-refractivity contribution in [1.29, 1.82) is 0 Å². The molecule has 18 heteroatoms. The van der Waals surface area contributed by atoms with Crippen LogP contribution in [0.25, 0.3) is 0 Å². The van der Waals surface area contributed by atoms with Crippen LogP contribution in [0.15, 0.2) is 0 Å². The van der Waals surface area contributed by atoms with Crippen molar-refractivity contribution < 1.29 is 80.2 Å². The maximum absolute atomic E-state index is 12.8. The minimum atomic E-state index is -8.47. The Morgan fingerprint density at radius 1 is 0.476 bits per heavy atom. The van der Waals surface area contributed by atoms with Crippen LogP contribution in [0, 0.1) is 0 Å². The molecule has 0 aliphatic heterocycles. The summed E-state index contributed by atoms with van der Waals surface area (Å²) in [7, 11) is 0. The van der Waals surface area contributed by atoms with E-state index in [4.69, 9.17) is 5.11 Å². The molecule has 0 amide bonds. The van der Waals surface area contributed by atoms with Gasteiger partial charge in [-0.25, -0.2) is 4.79 Å². The number of nitrogens with zero attached hydrogens (tertiary/aromatic N) is 1. The molecule has 0 unspecified atom stereocenters. The molecular formula is C24H37F15NO2+. The third kappa shape index (κ3) is 8.73. The van der Waals surface area contributed by atoms with Gasteiger partial charge in [0.25, 0.3) is 0 Å². The predicted octanol–water partition coefficient (Wildman–Crippen LogP) is 9.45. The Hall–Kier alpha value is -1.62. The lowest BCUT2D eigenvalue weighted by Gasteiger charge is -2.40. The van der Waals surface area contributed by atoms with Gasteiger partial charge in [-0.15, -0.1) is 0 Å². The number of rotatable bonds is 18. The Balaban J connectivity index is 0. The molecule has 0 aromatic carbocycles. The molecule has 0 spiro atoms. The van der Waals surface area contributed by atoms with E-state index in [1.54, 1.807) is 0 Å². The molecule has 0 fully saturated rings. The molecule has 0 saturated carbocycles. The number of carboxylic acids is 1. The monoisotopic (exact) mass is 656 g/mol. The summed E-state index contributed by atoms with van der Waals surface area (Å²) in [5.74, 6) is -52.8. The summed E-state index contributed by atoms with van der Waals surface area (Å²) in [4.78, 5) is 9.72. The standard InChI is InChI=1S/C16H36N.C8HF15O2/c1-5-9-13-17(14-10-6-2,15-11-7-3)16-12-8-4;9-2(10,1(24)25)3(11,12)4(13,14)5(15,16)6(17,18)7(19,20)8(21,22)23/h5-16H2,1-4H3;(H,24,25)/q+1;. The highest BCUT2D eigenvalue weighted by Crippen LogP contribution is 2.62. The number of aliphatic carboxylic acids is 1. The van der Waals surface area contributed by atoms with Gasteiger partial charge in [-0.05, 0) is 25.7 Å². The number of quaternary nitrogens is 1. The molecule has 0 aromatic rings. The van der Waals surface area contributed by atoms with Gasteiger partial charge in [-0.1, -0.05) is 53.4 Å². The lowest BCUT2D eigenvalue weighted by atomic mass is 9.91. The molecule has 0 aromatic heterocycles. The molecule has 0 aliphatic carbocycles. The van der Waals surface area contributed by atoms with E-state index in [-0.39, 0.29) is 0 Å². The number of carbonyl (C=O) groups is 1. The first-order valence-corrected chi connectivity index (χ1v) is 13.1. The van der Waals surface area contributed by atoms with Crippen molar-refractivity contribution in [2.24, 2.45) is 0 Å². The predicted molar refractivity (Wildman–Crippen MR) is 123 cm³/mol. The maximum Gasteiger partial charge on any atom is 0.460 e. The molecule has 3 nitrogen and oxygen atoms in total. The van der Waals surface area contributed by atoms with Gasteiger partial charge >= 0.3 is 47.7 Å². The first-order chi connectivity index (χ1) is 18.7. The van der Waals surface area contributed by atoms with Gasteiger partial charge in [0.15, 0.2) is 0 Å². The van der Waals surface area contributed by atoms with Crippen LogP contribution in [0.2, 0.25) is 0 Å². The molecular weight excluding hydrogens is 619 g/mol. The van der Waals surface area contributed by atoms with E-state index in [1.807, 2.05) is 0 Å². The number of halogens is 15. The molecule has 0 atom stereocenters. The lowest BCUT2D eigenvalue weighted by Crippen LogP contribution is -2.73. The van der Waals surface area contributed by atoms with Crippen LogP contribution >= 0.6 is 0 Å². The average molecular weight is 657 g/mol. The highest BCUT2D eigenvalue weighted by molar-refractivity contribution is 5.77. The molecule has 0 heterocycles. The highest BCUT2D eigenvalue weighted by Gasteiger charge is 2.94. The smallest absolute Gasteiger partial charge is 0.460 e.